The summed E-state index contributed by atoms with van der Waals surface area (Å²) in [6.07, 6.45) is 2.15. The first kappa shape index (κ1) is 11.3. The Bertz CT molecular complexity index is 452. The van der Waals surface area contributed by atoms with Crippen molar-refractivity contribution in [2.75, 3.05) is 14.2 Å². The fraction of sp³-hybridized carbons (Fsp3) is 0.250. The lowest BCUT2D eigenvalue weighted by molar-refractivity contribution is -0.147. The van der Waals surface area contributed by atoms with Gasteiger partial charge in [0, 0.05) is 18.2 Å². The zero-order valence-corrected chi connectivity index (χ0v) is 9.51. The van der Waals surface area contributed by atoms with Crippen molar-refractivity contribution >= 4 is 5.97 Å². The van der Waals surface area contributed by atoms with Crippen LogP contribution in [-0.4, -0.2) is 26.5 Å². The van der Waals surface area contributed by atoms with Crippen molar-refractivity contribution in [2.24, 2.45) is 0 Å². The minimum absolute atomic E-state index is 0.414. The fourth-order valence-corrected chi connectivity index (χ4v) is 1.41. The normalized spacial score (nSPS) is 17.8. The van der Waals surface area contributed by atoms with Crippen LogP contribution in [0, 0.1) is 0 Å². The SMILES string of the molecule is COc1ccc(O[C@@H]2C=CC(=O)O2)c(OC)c1. The summed E-state index contributed by atoms with van der Waals surface area (Å²) >= 11 is 0. The Hall–Kier alpha value is -2.17. The molecule has 1 aromatic rings. The van der Waals surface area contributed by atoms with E-state index in [1.165, 1.54) is 19.3 Å². The van der Waals surface area contributed by atoms with Gasteiger partial charge in [-0.15, -0.1) is 0 Å². The molecule has 0 fully saturated rings. The minimum Gasteiger partial charge on any atom is -0.497 e. The van der Waals surface area contributed by atoms with Crippen molar-refractivity contribution in [3.8, 4) is 17.2 Å². The van der Waals surface area contributed by atoms with Crippen molar-refractivity contribution in [3.05, 3.63) is 30.4 Å². The van der Waals surface area contributed by atoms with Crippen molar-refractivity contribution in [3.63, 3.8) is 0 Å². The summed E-state index contributed by atoms with van der Waals surface area (Å²) in [5.41, 5.74) is 0. The standard InChI is InChI=1S/C12H12O5/c1-14-8-3-4-9(10(7-8)15-2)16-12-6-5-11(13)17-12/h3-7,12H,1-2H3/t12-/m0/s1. The Morgan fingerprint density at radius 2 is 2.00 bits per heavy atom. The van der Waals surface area contributed by atoms with Crippen molar-refractivity contribution in [1.29, 1.82) is 0 Å². The predicted octanol–water partition coefficient (Wildman–Crippen LogP) is 1.52. The molecule has 2 rings (SSSR count). The molecule has 1 aliphatic rings. The molecule has 0 aliphatic carbocycles. The molecule has 1 atom stereocenters. The van der Waals surface area contributed by atoms with E-state index in [0.717, 1.165) is 0 Å². The number of ether oxygens (including phenoxy) is 4. The molecule has 0 aromatic heterocycles. The maximum absolute atomic E-state index is 10.9. The van der Waals surface area contributed by atoms with Gasteiger partial charge in [0.25, 0.3) is 6.29 Å². The molecule has 0 bridgehead atoms. The van der Waals surface area contributed by atoms with Gasteiger partial charge in [0.1, 0.15) is 5.75 Å². The lowest BCUT2D eigenvalue weighted by atomic mass is 10.3. The monoisotopic (exact) mass is 236 g/mol. The van der Waals surface area contributed by atoms with E-state index in [2.05, 4.69) is 0 Å². The molecule has 0 spiro atoms. The number of carbonyl (C=O) groups is 1. The second kappa shape index (κ2) is 4.78. The molecule has 0 radical (unpaired) electrons. The van der Waals surface area contributed by atoms with Crippen LogP contribution >= 0.6 is 0 Å². The average Bonchev–Trinajstić information content (AvgIpc) is 2.75. The predicted molar refractivity (Wildman–Crippen MR) is 59.2 cm³/mol. The van der Waals surface area contributed by atoms with Crippen molar-refractivity contribution in [1.82, 2.24) is 0 Å². The van der Waals surface area contributed by atoms with E-state index in [9.17, 15) is 4.79 Å². The van der Waals surface area contributed by atoms with Crippen molar-refractivity contribution < 1.29 is 23.7 Å². The minimum atomic E-state index is -0.704. The highest BCUT2D eigenvalue weighted by Crippen LogP contribution is 2.32. The van der Waals surface area contributed by atoms with Crippen LogP contribution in [0.15, 0.2) is 30.4 Å². The fourth-order valence-electron chi connectivity index (χ4n) is 1.41. The number of carbonyl (C=O) groups excluding carboxylic acids is 1. The third-order valence-corrected chi connectivity index (χ3v) is 2.24. The van der Waals surface area contributed by atoms with Crippen LogP contribution in [-0.2, 0) is 9.53 Å². The first-order valence-corrected chi connectivity index (χ1v) is 5.00. The lowest BCUT2D eigenvalue weighted by Crippen LogP contribution is -2.15. The Labute approximate surface area is 98.5 Å². The van der Waals surface area contributed by atoms with Gasteiger partial charge in [-0.3, -0.25) is 0 Å². The zero-order valence-electron chi connectivity index (χ0n) is 9.51. The molecule has 1 aliphatic heterocycles. The molecule has 17 heavy (non-hydrogen) atoms. The van der Waals surface area contributed by atoms with Gasteiger partial charge in [0.15, 0.2) is 11.5 Å². The number of hydrogen-bond donors (Lipinski definition) is 0. The number of esters is 1. The van der Waals surface area contributed by atoms with Gasteiger partial charge in [-0.25, -0.2) is 4.79 Å². The summed E-state index contributed by atoms with van der Waals surface area (Å²) in [6.45, 7) is 0. The Morgan fingerprint density at radius 3 is 2.59 bits per heavy atom. The van der Waals surface area contributed by atoms with Gasteiger partial charge in [-0.05, 0) is 12.1 Å². The van der Waals surface area contributed by atoms with Crippen LogP contribution < -0.4 is 14.2 Å². The molecule has 0 N–H and O–H groups in total. The number of benzene rings is 1. The van der Waals surface area contributed by atoms with Gasteiger partial charge < -0.3 is 18.9 Å². The lowest BCUT2D eigenvalue weighted by Gasteiger charge is -2.14. The van der Waals surface area contributed by atoms with Gasteiger partial charge in [0.2, 0.25) is 0 Å². The molecule has 5 nitrogen and oxygen atoms in total. The van der Waals surface area contributed by atoms with Gasteiger partial charge in [0.05, 0.1) is 14.2 Å². The van der Waals surface area contributed by atoms with Crippen LogP contribution in [0.5, 0.6) is 17.2 Å². The molecule has 5 heteroatoms. The smallest absolute Gasteiger partial charge is 0.334 e. The van der Waals surface area contributed by atoms with Gasteiger partial charge in [-0.1, -0.05) is 0 Å². The Morgan fingerprint density at radius 1 is 1.18 bits per heavy atom. The van der Waals surface area contributed by atoms with Crippen molar-refractivity contribution in [2.45, 2.75) is 6.29 Å². The molecule has 1 aromatic carbocycles. The first-order chi connectivity index (χ1) is 8.22. The third kappa shape index (κ3) is 2.50. The summed E-state index contributed by atoms with van der Waals surface area (Å²) in [6, 6.07) is 5.12. The van der Waals surface area contributed by atoms with E-state index in [-0.39, 0.29) is 0 Å². The topological polar surface area (TPSA) is 54.0 Å². The number of hydrogen-bond acceptors (Lipinski definition) is 5. The second-order valence-corrected chi connectivity index (χ2v) is 3.30. The quantitative estimate of drug-likeness (QED) is 0.742. The van der Waals surface area contributed by atoms with E-state index >= 15 is 0 Å². The van der Waals surface area contributed by atoms with Gasteiger partial charge in [-0.2, -0.15) is 0 Å². The molecule has 90 valence electrons. The molecule has 0 saturated heterocycles. The summed E-state index contributed by atoms with van der Waals surface area (Å²) in [5.74, 6) is 1.24. The molecular formula is C12H12O5. The zero-order chi connectivity index (χ0) is 12.3. The third-order valence-electron chi connectivity index (χ3n) is 2.24. The summed E-state index contributed by atoms with van der Waals surface area (Å²) < 4.78 is 20.5. The molecule has 1 heterocycles. The highest BCUT2D eigenvalue weighted by atomic mass is 16.7. The van der Waals surface area contributed by atoms with Crippen LogP contribution in [0.2, 0.25) is 0 Å². The van der Waals surface area contributed by atoms with Crippen LogP contribution in [0.25, 0.3) is 0 Å². The summed E-state index contributed by atoms with van der Waals surface area (Å²) in [4.78, 5) is 10.9. The van der Waals surface area contributed by atoms with E-state index in [4.69, 9.17) is 18.9 Å². The maximum Gasteiger partial charge on any atom is 0.334 e. The summed E-state index contributed by atoms with van der Waals surface area (Å²) in [7, 11) is 3.09. The number of methoxy groups -OCH3 is 2. The van der Waals surface area contributed by atoms with E-state index in [0.29, 0.717) is 17.2 Å². The van der Waals surface area contributed by atoms with Crippen LogP contribution in [0.1, 0.15) is 0 Å². The molecular weight excluding hydrogens is 224 g/mol. The van der Waals surface area contributed by atoms with Gasteiger partial charge >= 0.3 is 5.97 Å². The molecule has 0 amide bonds. The molecule has 0 unspecified atom stereocenters. The highest BCUT2D eigenvalue weighted by Gasteiger charge is 2.19. The largest absolute Gasteiger partial charge is 0.497 e. The highest BCUT2D eigenvalue weighted by molar-refractivity contribution is 5.84. The first-order valence-electron chi connectivity index (χ1n) is 5.00. The maximum atomic E-state index is 10.9. The van der Waals surface area contributed by atoms with Crippen LogP contribution in [0.4, 0.5) is 0 Å². The van der Waals surface area contributed by atoms with E-state index in [1.54, 1.807) is 25.3 Å². The van der Waals surface area contributed by atoms with E-state index < -0.39 is 12.3 Å². The van der Waals surface area contributed by atoms with E-state index in [1.807, 2.05) is 0 Å². The number of cyclic esters (lactones) is 1. The Kier molecular flexibility index (Phi) is 3.18. The van der Waals surface area contributed by atoms with Crippen LogP contribution in [0.3, 0.4) is 0 Å². The Balaban J connectivity index is 2.15. The molecule has 0 saturated carbocycles. The average molecular weight is 236 g/mol. The summed E-state index contributed by atoms with van der Waals surface area (Å²) in [5, 5.41) is 0. The second-order valence-electron chi connectivity index (χ2n) is 3.30. The number of rotatable bonds is 4.